The van der Waals surface area contributed by atoms with Crippen molar-refractivity contribution in [3.63, 3.8) is 0 Å². The molecule has 2 aliphatic rings. The van der Waals surface area contributed by atoms with Crippen LogP contribution < -0.4 is 10.5 Å². The molecule has 0 saturated carbocycles. The number of benzene rings is 2. The van der Waals surface area contributed by atoms with E-state index in [1.54, 1.807) is 11.3 Å². The second kappa shape index (κ2) is 6.17. The molecule has 0 amide bonds. The van der Waals surface area contributed by atoms with Gasteiger partial charge < -0.3 is 9.32 Å². The molecule has 4 heterocycles. The third-order valence-electron chi connectivity index (χ3n) is 6.91. The number of aromatic nitrogens is 1. The summed E-state index contributed by atoms with van der Waals surface area (Å²) in [4.78, 5) is 20.3. The molecule has 4 nitrogen and oxygen atoms in total. The summed E-state index contributed by atoms with van der Waals surface area (Å²) in [5, 5.41) is 1.74. The number of hydrogen-bond acceptors (Lipinski definition) is 5. The molecular formula is C25H24N2O2S. The maximum Gasteiger partial charge on any atom is 0.346 e. The van der Waals surface area contributed by atoms with Gasteiger partial charge in [0.25, 0.3) is 0 Å². The minimum Gasteiger partial charge on any atom is -0.422 e. The lowest BCUT2D eigenvalue weighted by molar-refractivity contribution is 0.431. The zero-order valence-corrected chi connectivity index (χ0v) is 18.3. The Bertz CT molecular complexity index is 1350. The number of para-hydroxylation sites is 1. The van der Waals surface area contributed by atoms with Crippen LogP contribution in [0.2, 0.25) is 0 Å². The summed E-state index contributed by atoms with van der Waals surface area (Å²) in [5.41, 5.74) is 5.83. The van der Waals surface area contributed by atoms with Gasteiger partial charge >= 0.3 is 5.63 Å². The Morgan fingerprint density at radius 3 is 2.87 bits per heavy atom. The van der Waals surface area contributed by atoms with Gasteiger partial charge in [0.2, 0.25) is 0 Å². The molecule has 2 aromatic carbocycles. The normalized spacial score (nSPS) is 20.0. The number of hydrogen-bond donors (Lipinski definition) is 0. The molecule has 152 valence electrons. The molecule has 0 aliphatic carbocycles. The van der Waals surface area contributed by atoms with E-state index in [1.807, 2.05) is 30.3 Å². The first-order chi connectivity index (χ1) is 14.4. The summed E-state index contributed by atoms with van der Waals surface area (Å²) < 4.78 is 7.15. The van der Waals surface area contributed by atoms with Crippen LogP contribution in [0.3, 0.4) is 0 Å². The van der Waals surface area contributed by atoms with Gasteiger partial charge in [-0.2, -0.15) is 0 Å². The summed E-state index contributed by atoms with van der Waals surface area (Å²) in [5.74, 6) is 0.506. The first-order valence-corrected chi connectivity index (χ1v) is 11.5. The Labute approximate surface area is 179 Å². The van der Waals surface area contributed by atoms with E-state index < -0.39 is 0 Å². The van der Waals surface area contributed by atoms with Crippen LogP contribution in [0.15, 0.2) is 45.6 Å². The topological polar surface area (TPSA) is 46.3 Å². The summed E-state index contributed by atoms with van der Waals surface area (Å²) in [6.45, 7) is 9.02. The van der Waals surface area contributed by atoms with Crippen LogP contribution in [0.5, 0.6) is 0 Å². The van der Waals surface area contributed by atoms with Crippen LogP contribution in [-0.4, -0.2) is 18.1 Å². The molecule has 0 unspecified atom stereocenters. The van der Waals surface area contributed by atoms with Gasteiger partial charge in [-0.05, 0) is 54.0 Å². The lowest BCUT2D eigenvalue weighted by Crippen LogP contribution is -2.41. The molecule has 6 rings (SSSR count). The molecule has 30 heavy (non-hydrogen) atoms. The Morgan fingerprint density at radius 1 is 1.20 bits per heavy atom. The molecule has 5 heteroatoms. The van der Waals surface area contributed by atoms with Gasteiger partial charge in [-0.25, -0.2) is 9.78 Å². The van der Waals surface area contributed by atoms with Crippen LogP contribution in [0.25, 0.3) is 31.8 Å². The highest BCUT2D eigenvalue weighted by molar-refractivity contribution is 7.21. The SMILES string of the molecule is C[C@H]1CCN2CCC(C)(C)c3c2c1cc1cc(-c2nc4ccccc4s2)c(=O)oc31. The van der Waals surface area contributed by atoms with Gasteiger partial charge in [-0.15, -0.1) is 11.3 Å². The average molecular weight is 417 g/mol. The van der Waals surface area contributed by atoms with Crippen molar-refractivity contribution in [1.29, 1.82) is 0 Å². The third-order valence-corrected chi connectivity index (χ3v) is 7.98. The number of rotatable bonds is 1. The second-order valence-corrected chi connectivity index (χ2v) is 10.4. The average Bonchev–Trinajstić information content (AvgIpc) is 3.15. The van der Waals surface area contributed by atoms with Crippen LogP contribution in [0.4, 0.5) is 5.69 Å². The van der Waals surface area contributed by atoms with Crippen molar-refractivity contribution in [2.75, 3.05) is 18.0 Å². The fourth-order valence-corrected chi connectivity index (χ4v) is 6.11. The van der Waals surface area contributed by atoms with Crippen molar-refractivity contribution in [3.05, 3.63) is 57.9 Å². The number of nitrogens with zero attached hydrogens (tertiary/aromatic N) is 2. The molecule has 0 spiro atoms. The molecule has 2 aromatic heterocycles. The van der Waals surface area contributed by atoms with E-state index in [0.717, 1.165) is 45.7 Å². The third kappa shape index (κ3) is 2.51. The quantitative estimate of drug-likeness (QED) is 0.354. The number of anilines is 1. The zero-order chi connectivity index (χ0) is 20.6. The fourth-order valence-electron chi connectivity index (χ4n) is 5.14. The second-order valence-electron chi connectivity index (χ2n) is 9.35. The van der Waals surface area contributed by atoms with E-state index in [2.05, 4.69) is 31.7 Å². The van der Waals surface area contributed by atoms with Crippen molar-refractivity contribution >= 4 is 38.2 Å². The summed E-state index contributed by atoms with van der Waals surface area (Å²) in [6.07, 6.45) is 2.23. The van der Waals surface area contributed by atoms with E-state index in [0.29, 0.717) is 11.5 Å². The molecular weight excluding hydrogens is 392 g/mol. The zero-order valence-electron chi connectivity index (χ0n) is 17.5. The lowest BCUT2D eigenvalue weighted by Gasteiger charge is -2.45. The standard InChI is InChI=1S/C25H24N2O2S/c1-14-8-10-27-11-9-25(2,3)20-21(27)16(14)12-15-13-17(24(28)29-22(15)20)23-26-18-6-4-5-7-19(18)30-23/h4-7,12-14H,8-11H2,1-3H3/t14-/m0/s1. The monoisotopic (exact) mass is 416 g/mol. The first kappa shape index (κ1) is 18.1. The fraction of sp³-hybridized carbons (Fsp3) is 0.360. The van der Waals surface area contributed by atoms with Crippen molar-refractivity contribution in [1.82, 2.24) is 4.98 Å². The van der Waals surface area contributed by atoms with Gasteiger partial charge in [-0.3, -0.25) is 0 Å². The summed E-state index contributed by atoms with van der Waals surface area (Å²) >= 11 is 1.54. The number of thiazole rings is 1. The van der Waals surface area contributed by atoms with Crippen LogP contribution in [-0.2, 0) is 5.41 Å². The smallest absolute Gasteiger partial charge is 0.346 e. The van der Waals surface area contributed by atoms with Crippen molar-refractivity contribution in [2.24, 2.45) is 0 Å². The van der Waals surface area contributed by atoms with Crippen LogP contribution in [0.1, 0.15) is 50.7 Å². The molecule has 1 atom stereocenters. The Balaban J connectivity index is 1.66. The minimum atomic E-state index is -0.297. The first-order valence-electron chi connectivity index (χ1n) is 10.7. The molecule has 0 bridgehead atoms. The van der Waals surface area contributed by atoms with Crippen molar-refractivity contribution < 1.29 is 4.42 Å². The van der Waals surface area contributed by atoms with E-state index in [4.69, 9.17) is 9.40 Å². The maximum atomic E-state index is 13.1. The lowest BCUT2D eigenvalue weighted by atomic mass is 9.73. The van der Waals surface area contributed by atoms with E-state index in [9.17, 15) is 4.79 Å². The Kier molecular flexibility index (Phi) is 3.73. The summed E-state index contributed by atoms with van der Waals surface area (Å²) in [6, 6.07) is 12.3. The highest BCUT2D eigenvalue weighted by Crippen LogP contribution is 2.50. The van der Waals surface area contributed by atoms with Gasteiger partial charge in [0.1, 0.15) is 10.6 Å². The van der Waals surface area contributed by atoms with Crippen molar-refractivity contribution in [3.8, 4) is 10.6 Å². The highest BCUT2D eigenvalue weighted by Gasteiger charge is 2.38. The summed E-state index contributed by atoms with van der Waals surface area (Å²) in [7, 11) is 0. The number of fused-ring (bicyclic) bond motifs is 3. The van der Waals surface area contributed by atoms with E-state index in [-0.39, 0.29) is 11.0 Å². The minimum absolute atomic E-state index is 0.0233. The predicted octanol–water partition coefficient (Wildman–Crippen LogP) is 6.06. The largest absolute Gasteiger partial charge is 0.422 e. The molecule has 0 saturated heterocycles. The Morgan fingerprint density at radius 2 is 2.03 bits per heavy atom. The molecule has 0 N–H and O–H groups in total. The Hall–Kier alpha value is -2.66. The molecule has 0 fully saturated rings. The van der Waals surface area contributed by atoms with E-state index in [1.165, 1.54) is 23.2 Å². The highest BCUT2D eigenvalue weighted by atomic mass is 32.1. The van der Waals surface area contributed by atoms with Gasteiger partial charge in [-0.1, -0.05) is 32.9 Å². The van der Waals surface area contributed by atoms with Gasteiger partial charge in [0.15, 0.2) is 0 Å². The van der Waals surface area contributed by atoms with Crippen LogP contribution in [0, 0.1) is 0 Å². The molecule has 4 aromatic rings. The van der Waals surface area contributed by atoms with Gasteiger partial charge in [0.05, 0.1) is 15.8 Å². The van der Waals surface area contributed by atoms with Gasteiger partial charge in [0, 0.05) is 29.7 Å². The molecule has 2 aliphatic heterocycles. The molecule has 0 radical (unpaired) electrons. The maximum absolute atomic E-state index is 13.1. The van der Waals surface area contributed by atoms with E-state index >= 15 is 0 Å². The van der Waals surface area contributed by atoms with Crippen LogP contribution >= 0.6 is 11.3 Å². The van der Waals surface area contributed by atoms with Crippen molar-refractivity contribution in [2.45, 2.75) is 44.9 Å². The predicted molar refractivity (Wildman–Crippen MR) is 124 cm³/mol.